The zero-order valence-corrected chi connectivity index (χ0v) is 39.7. The number of piperidine rings is 2. The number of hydrogen-bond donors (Lipinski definition) is 3. The Morgan fingerprint density at radius 2 is 1.16 bits per heavy atom. The Balaban J connectivity index is 0.000000239. The summed E-state index contributed by atoms with van der Waals surface area (Å²) in [5.74, 6) is 4.22. The van der Waals surface area contributed by atoms with Crippen molar-refractivity contribution in [1.82, 2.24) is 29.8 Å². The molecule has 2 aromatic heterocycles. The monoisotopic (exact) mass is 910 g/mol. The van der Waals surface area contributed by atoms with Gasteiger partial charge in [0.25, 0.3) is 0 Å². The van der Waals surface area contributed by atoms with Crippen LogP contribution in [0.5, 0.6) is 11.5 Å². The quantitative estimate of drug-likeness (QED) is 0.0882. The van der Waals surface area contributed by atoms with Crippen molar-refractivity contribution in [1.29, 1.82) is 0 Å². The van der Waals surface area contributed by atoms with E-state index in [-0.39, 0.29) is 0 Å². The highest BCUT2D eigenvalue weighted by Crippen LogP contribution is 2.27. The highest BCUT2D eigenvalue weighted by Gasteiger charge is 2.21. The minimum absolute atomic E-state index is 0.420. The second kappa shape index (κ2) is 25.1. The van der Waals surface area contributed by atoms with Gasteiger partial charge in [-0.3, -0.25) is 20.0 Å². The maximum absolute atomic E-state index is 12.3. The summed E-state index contributed by atoms with van der Waals surface area (Å²) >= 11 is 12.4. The third-order valence-corrected chi connectivity index (χ3v) is 11.3. The molecule has 14 nitrogen and oxygen atoms in total. The van der Waals surface area contributed by atoms with Crippen molar-refractivity contribution in [3.8, 4) is 11.5 Å². The first kappa shape index (κ1) is 49.5. The van der Waals surface area contributed by atoms with Gasteiger partial charge in [-0.15, -0.1) is 0 Å². The molecule has 2 saturated heterocycles. The number of anilines is 2. The van der Waals surface area contributed by atoms with E-state index in [9.17, 15) is 9.59 Å². The molecule has 346 valence electrons. The zero-order chi connectivity index (χ0) is 45.3. The fourth-order valence-corrected chi connectivity index (χ4v) is 7.72. The van der Waals surface area contributed by atoms with Gasteiger partial charge in [0.1, 0.15) is 11.5 Å². The van der Waals surface area contributed by atoms with Crippen LogP contribution < -0.4 is 25.4 Å². The van der Waals surface area contributed by atoms with Crippen molar-refractivity contribution in [2.75, 3.05) is 69.8 Å². The molecule has 2 fully saturated rings. The fourth-order valence-electron chi connectivity index (χ4n) is 7.33. The van der Waals surface area contributed by atoms with Crippen molar-refractivity contribution >= 4 is 47.0 Å². The first-order valence-electron chi connectivity index (χ1n) is 22.5. The molecule has 3 N–H and O–H groups in total. The third-order valence-electron chi connectivity index (χ3n) is 10.9. The Hall–Kier alpha value is -4.50. The predicted molar refractivity (Wildman–Crippen MR) is 251 cm³/mol. The van der Waals surface area contributed by atoms with Crippen LogP contribution in [0.2, 0.25) is 10.0 Å². The molecule has 0 atom stereocenters. The number of carbonyl (C=O) groups excluding carboxylic acids is 2. The summed E-state index contributed by atoms with van der Waals surface area (Å²) in [5.41, 5.74) is 3.72. The van der Waals surface area contributed by atoms with E-state index in [1.165, 1.54) is 6.42 Å². The molecule has 0 saturated carbocycles. The Morgan fingerprint density at radius 3 is 1.59 bits per heavy atom. The number of ether oxygens (including phenoxy) is 4. The number of aryl methyl sites for hydroxylation is 2. The van der Waals surface area contributed by atoms with Crippen molar-refractivity contribution in [2.45, 2.75) is 93.7 Å². The van der Waals surface area contributed by atoms with Crippen LogP contribution in [0.25, 0.3) is 0 Å². The van der Waals surface area contributed by atoms with Gasteiger partial charge in [-0.2, -0.15) is 10.2 Å². The van der Waals surface area contributed by atoms with E-state index in [0.717, 1.165) is 92.4 Å². The van der Waals surface area contributed by atoms with Gasteiger partial charge in [0.2, 0.25) is 0 Å². The molecule has 2 aliphatic rings. The average molecular weight is 912 g/mol. The van der Waals surface area contributed by atoms with Crippen LogP contribution in [0.15, 0.2) is 48.5 Å². The number of halogens is 2. The normalized spacial score (nSPS) is 14.9. The molecule has 2 aromatic carbocycles. The molecular formula is C47H68Cl2N8O6. The molecule has 4 aromatic rings. The van der Waals surface area contributed by atoms with Crippen molar-refractivity contribution in [3.05, 3.63) is 81.1 Å². The Kier molecular flexibility index (Phi) is 19.7. The number of likely N-dealkylation sites (tertiary alicyclic amines) is 1. The van der Waals surface area contributed by atoms with E-state index in [1.807, 2.05) is 71.7 Å². The van der Waals surface area contributed by atoms with Crippen LogP contribution in [0.4, 0.5) is 21.2 Å². The number of aromatic nitrogens is 4. The lowest BCUT2D eigenvalue weighted by Gasteiger charge is -2.31. The minimum atomic E-state index is -0.470. The molecule has 0 bridgehead atoms. The molecule has 4 heterocycles. The molecule has 2 aliphatic heterocycles. The van der Waals surface area contributed by atoms with Gasteiger partial charge in [-0.05, 0) is 139 Å². The van der Waals surface area contributed by atoms with Crippen LogP contribution >= 0.6 is 23.2 Å². The van der Waals surface area contributed by atoms with E-state index in [2.05, 4.69) is 65.7 Å². The Labute approximate surface area is 383 Å². The second-order valence-electron chi connectivity index (χ2n) is 17.5. The maximum Gasteiger partial charge on any atom is 0.412 e. The summed E-state index contributed by atoms with van der Waals surface area (Å²) < 4.78 is 26.4. The Morgan fingerprint density at radius 1 is 0.714 bits per heavy atom. The zero-order valence-electron chi connectivity index (χ0n) is 38.2. The highest BCUT2D eigenvalue weighted by atomic mass is 35.5. The summed E-state index contributed by atoms with van der Waals surface area (Å²) in [5, 5.41) is 19.1. The van der Waals surface area contributed by atoms with Crippen molar-refractivity contribution in [2.24, 2.45) is 23.7 Å². The number of rotatable bonds is 18. The number of benzene rings is 2. The Bertz CT molecular complexity index is 2040. The van der Waals surface area contributed by atoms with Crippen molar-refractivity contribution < 1.29 is 28.5 Å². The van der Waals surface area contributed by atoms with E-state index in [4.69, 9.17) is 42.1 Å². The van der Waals surface area contributed by atoms with Crippen LogP contribution in [0.3, 0.4) is 0 Å². The predicted octanol–water partition coefficient (Wildman–Crippen LogP) is 10.1. The van der Waals surface area contributed by atoms with E-state index in [1.54, 1.807) is 0 Å². The lowest BCUT2D eigenvalue weighted by Crippen LogP contribution is -2.36. The summed E-state index contributed by atoms with van der Waals surface area (Å²) in [4.78, 5) is 26.9. The van der Waals surface area contributed by atoms with Gasteiger partial charge in [0.15, 0.2) is 11.6 Å². The van der Waals surface area contributed by atoms with Gasteiger partial charge in [-0.1, -0.05) is 57.8 Å². The molecule has 0 radical (unpaired) electrons. The largest absolute Gasteiger partial charge is 0.493 e. The van der Waals surface area contributed by atoms with E-state index in [0.29, 0.717) is 84.9 Å². The molecule has 0 aliphatic carbocycles. The molecule has 0 spiro atoms. The second-order valence-corrected chi connectivity index (χ2v) is 18.4. The summed E-state index contributed by atoms with van der Waals surface area (Å²) in [7, 11) is 0. The highest BCUT2D eigenvalue weighted by molar-refractivity contribution is 6.31. The number of nitrogens with zero attached hydrogens (tertiary/aromatic N) is 5. The molecule has 16 heteroatoms. The van der Waals surface area contributed by atoms with Crippen molar-refractivity contribution in [3.63, 3.8) is 0 Å². The number of amides is 2. The van der Waals surface area contributed by atoms with Crippen LogP contribution in [0, 0.1) is 37.5 Å². The van der Waals surface area contributed by atoms with Crippen LogP contribution in [-0.4, -0.2) is 95.8 Å². The average Bonchev–Trinajstić information content (AvgIpc) is 3.77. The van der Waals surface area contributed by atoms with Gasteiger partial charge in [-0.25, -0.2) is 9.59 Å². The number of carbonyl (C=O) groups is 2. The van der Waals surface area contributed by atoms with Gasteiger partial charge >= 0.3 is 12.2 Å². The molecule has 2 amide bonds. The lowest BCUT2D eigenvalue weighted by atomic mass is 9.98. The van der Waals surface area contributed by atoms with Gasteiger partial charge < -0.3 is 29.2 Å². The summed E-state index contributed by atoms with van der Waals surface area (Å²) in [6.45, 7) is 22.9. The van der Waals surface area contributed by atoms with Gasteiger partial charge in [0, 0.05) is 44.7 Å². The van der Waals surface area contributed by atoms with Crippen LogP contribution in [-0.2, 0) is 22.6 Å². The third kappa shape index (κ3) is 16.9. The van der Waals surface area contributed by atoms with Gasteiger partial charge in [0.05, 0.1) is 39.5 Å². The molecule has 0 unspecified atom stereocenters. The molecule has 63 heavy (non-hydrogen) atoms. The molecule has 6 rings (SSSR count). The smallest absolute Gasteiger partial charge is 0.412 e. The lowest BCUT2D eigenvalue weighted by molar-refractivity contribution is 0.105. The fraction of sp³-hybridized carbons (Fsp3) is 0.574. The SMILES string of the molecule is CCCN1CCC(COC(=O)Nc2cc(C)n(Cc3cc(Cl)ccc3OCC(C)C)n2)CC1.Cc1cc(NC(=O)OCC2CCNCC2)nn1Cc1cc(Cl)ccc1OCC(C)C. The molecular weight excluding hydrogens is 843 g/mol. The summed E-state index contributed by atoms with van der Waals surface area (Å²) in [6.07, 6.45) is 4.45. The maximum atomic E-state index is 12.3. The standard InChI is InChI=1S/C25H37ClN4O3.C22H31ClN4O3/c1-5-10-29-11-8-20(9-12-29)17-33-25(31)27-24-13-19(4)30(28-24)15-21-14-22(26)6-7-23(21)32-16-18(2)3;1-15(2)13-29-20-5-4-19(23)11-18(20)12-27-16(3)10-21(26-27)25-22(28)30-14-17-6-8-24-9-7-17/h6-7,13-14,18,20H,5,8-12,15-17H2,1-4H3,(H,27,28,31);4-5,10-11,15,17,24H,6-9,12-14H2,1-3H3,(H,25,26,28). The number of nitrogens with one attached hydrogen (secondary N) is 3. The first-order valence-corrected chi connectivity index (χ1v) is 23.2. The van der Waals surface area contributed by atoms with E-state index < -0.39 is 12.2 Å². The first-order chi connectivity index (χ1) is 30.2. The minimum Gasteiger partial charge on any atom is -0.493 e. The number of hydrogen-bond acceptors (Lipinski definition) is 10. The van der Waals surface area contributed by atoms with Crippen LogP contribution in [0.1, 0.15) is 89.2 Å². The van der Waals surface area contributed by atoms with E-state index >= 15 is 0 Å². The topological polar surface area (TPSA) is 146 Å². The summed E-state index contributed by atoms with van der Waals surface area (Å²) in [6, 6.07) is 14.9.